The molecular formula is C20H18ClNO3. The zero-order valence-electron chi connectivity index (χ0n) is 13.9. The molecular weight excluding hydrogens is 338 g/mol. The van der Waals surface area contributed by atoms with E-state index < -0.39 is 17.7 Å². The molecule has 2 aromatic carbocycles. The monoisotopic (exact) mass is 355 g/mol. The van der Waals surface area contributed by atoms with Gasteiger partial charge in [-0.05, 0) is 23.8 Å². The van der Waals surface area contributed by atoms with E-state index >= 15 is 0 Å². The molecule has 4 nitrogen and oxygen atoms in total. The van der Waals surface area contributed by atoms with Crippen LogP contribution in [0.3, 0.4) is 0 Å². The minimum atomic E-state index is -0.679. The van der Waals surface area contributed by atoms with Crippen LogP contribution in [0.2, 0.25) is 5.02 Å². The first kappa shape index (κ1) is 17.2. The van der Waals surface area contributed by atoms with E-state index in [1.807, 2.05) is 30.3 Å². The average molecular weight is 356 g/mol. The summed E-state index contributed by atoms with van der Waals surface area (Å²) in [6, 6.07) is 15.3. The van der Waals surface area contributed by atoms with E-state index in [2.05, 4.69) is 0 Å². The minimum Gasteiger partial charge on any atom is -0.503 e. The van der Waals surface area contributed by atoms with Gasteiger partial charge >= 0.3 is 0 Å². The molecule has 0 saturated heterocycles. The smallest absolute Gasteiger partial charge is 0.294 e. The first-order chi connectivity index (χ1) is 11.9. The zero-order chi connectivity index (χ0) is 18.1. The molecule has 1 amide bonds. The summed E-state index contributed by atoms with van der Waals surface area (Å²) in [7, 11) is 0. The van der Waals surface area contributed by atoms with Crippen molar-refractivity contribution in [2.75, 3.05) is 4.90 Å². The molecule has 0 bridgehead atoms. The van der Waals surface area contributed by atoms with Crippen molar-refractivity contribution < 1.29 is 14.7 Å². The van der Waals surface area contributed by atoms with E-state index in [4.69, 9.17) is 11.6 Å². The van der Waals surface area contributed by atoms with Gasteiger partial charge in [0.1, 0.15) is 0 Å². The largest absolute Gasteiger partial charge is 0.503 e. The third-order valence-corrected chi connectivity index (χ3v) is 4.43. The molecule has 0 saturated carbocycles. The number of amides is 1. The van der Waals surface area contributed by atoms with Crippen LogP contribution in [0, 0.1) is 5.92 Å². The van der Waals surface area contributed by atoms with Crippen LogP contribution < -0.4 is 4.90 Å². The van der Waals surface area contributed by atoms with E-state index in [0.29, 0.717) is 10.7 Å². The van der Waals surface area contributed by atoms with Gasteiger partial charge in [0.2, 0.25) is 0 Å². The topological polar surface area (TPSA) is 57.6 Å². The molecule has 128 valence electrons. The summed E-state index contributed by atoms with van der Waals surface area (Å²) in [5.74, 6) is -1.67. The Labute approximate surface area is 151 Å². The summed E-state index contributed by atoms with van der Waals surface area (Å²) in [6.07, 6.45) is 0. The van der Waals surface area contributed by atoms with Crippen LogP contribution in [-0.4, -0.2) is 16.8 Å². The molecule has 1 aliphatic rings. The Morgan fingerprint density at radius 2 is 1.80 bits per heavy atom. The van der Waals surface area contributed by atoms with Crippen molar-refractivity contribution in [3.05, 3.63) is 76.5 Å². The van der Waals surface area contributed by atoms with Crippen LogP contribution in [-0.2, 0) is 9.59 Å². The van der Waals surface area contributed by atoms with Gasteiger partial charge in [0, 0.05) is 16.6 Å². The maximum atomic E-state index is 12.8. The Morgan fingerprint density at radius 3 is 2.40 bits per heavy atom. The van der Waals surface area contributed by atoms with Crippen LogP contribution in [0.4, 0.5) is 5.69 Å². The normalized spacial score (nSPS) is 17.5. The Hall–Kier alpha value is -2.59. The number of anilines is 1. The third kappa shape index (κ3) is 3.05. The Morgan fingerprint density at radius 1 is 1.12 bits per heavy atom. The fourth-order valence-corrected chi connectivity index (χ4v) is 3.20. The molecule has 0 aliphatic carbocycles. The van der Waals surface area contributed by atoms with Gasteiger partial charge in [-0.2, -0.15) is 0 Å². The number of aliphatic hydroxyl groups is 1. The van der Waals surface area contributed by atoms with E-state index in [-0.39, 0.29) is 17.3 Å². The maximum absolute atomic E-state index is 12.8. The Kier molecular flexibility index (Phi) is 4.64. The number of halogens is 1. The van der Waals surface area contributed by atoms with Crippen molar-refractivity contribution in [2.45, 2.75) is 19.9 Å². The highest BCUT2D eigenvalue weighted by molar-refractivity contribution is 6.31. The number of hydrogen-bond acceptors (Lipinski definition) is 3. The van der Waals surface area contributed by atoms with E-state index in [1.165, 1.54) is 4.90 Å². The molecule has 1 N–H and O–H groups in total. The molecule has 1 atom stereocenters. The highest BCUT2D eigenvalue weighted by Crippen LogP contribution is 2.42. The second-order valence-corrected chi connectivity index (χ2v) is 6.69. The lowest BCUT2D eigenvalue weighted by Crippen LogP contribution is -2.31. The number of rotatable bonds is 4. The van der Waals surface area contributed by atoms with Crippen LogP contribution in [0.15, 0.2) is 65.9 Å². The molecule has 1 heterocycles. The number of nitrogens with zero attached hydrogens (tertiary/aromatic N) is 1. The summed E-state index contributed by atoms with van der Waals surface area (Å²) in [5.41, 5.74) is 1.42. The SMILES string of the molecule is CC(C)C(=O)C1=C(O)C(=O)N(c2cccc(Cl)c2)C1c1ccccc1. The molecule has 3 rings (SSSR count). The van der Waals surface area contributed by atoms with Crippen LogP contribution in [0.1, 0.15) is 25.5 Å². The van der Waals surface area contributed by atoms with Gasteiger partial charge in [0.15, 0.2) is 11.5 Å². The molecule has 5 heteroatoms. The number of hydrogen-bond donors (Lipinski definition) is 1. The highest BCUT2D eigenvalue weighted by atomic mass is 35.5. The maximum Gasteiger partial charge on any atom is 0.294 e. The predicted molar refractivity (Wildman–Crippen MR) is 97.6 cm³/mol. The van der Waals surface area contributed by atoms with Gasteiger partial charge in [0.05, 0.1) is 11.6 Å². The Bertz CT molecular complexity index is 858. The summed E-state index contributed by atoms with van der Waals surface area (Å²) in [6.45, 7) is 3.49. The number of aliphatic hydroxyl groups excluding tert-OH is 1. The number of benzene rings is 2. The first-order valence-electron chi connectivity index (χ1n) is 8.03. The Balaban J connectivity index is 2.19. The quantitative estimate of drug-likeness (QED) is 0.880. The molecule has 2 aromatic rings. The third-order valence-electron chi connectivity index (χ3n) is 4.20. The minimum absolute atomic E-state index is 0.131. The summed E-state index contributed by atoms with van der Waals surface area (Å²) < 4.78 is 0. The fourth-order valence-electron chi connectivity index (χ4n) is 3.01. The molecule has 1 aliphatic heterocycles. The lowest BCUT2D eigenvalue weighted by molar-refractivity contribution is -0.119. The first-order valence-corrected chi connectivity index (χ1v) is 8.41. The second-order valence-electron chi connectivity index (χ2n) is 6.25. The van der Waals surface area contributed by atoms with Crippen molar-refractivity contribution in [1.29, 1.82) is 0 Å². The van der Waals surface area contributed by atoms with Crippen molar-refractivity contribution in [3.8, 4) is 0 Å². The average Bonchev–Trinajstić information content (AvgIpc) is 2.86. The summed E-state index contributed by atoms with van der Waals surface area (Å²) in [4.78, 5) is 26.9. The van der Waals surface area contributed by atoms with Gasteiger partial charge in [-0.25, -0.2) is 0 Å². The molecule has 25 heavy (non-hydrogen) atoms. The van der Waals surface area contributed by atoms with E-state index in [9.17, 15) is 14.7 Å². The van der Waals surface area contributed by atoms with Crippen molar-refractivity contribution in [2.24, 2.45) is 5.92 Å². The van der Waals surface area contributed by atoms with Crippen LogP contribution in [0.5, 0.6) is 0 Å². The lowest BCUT2D eigenvalue weighted by Gasteiger charge is -2.27. The second kappa shape index (κ2) is 6.73. The van der Waals surface area contributed by atoms with Crippen molar-refractivity contribution in [3.63, 3.8) is 0 Å². The number of carbonyl (C=O) groups is 2. The van der Waals surface area contributed by atoms with Gasteiger partial charge < -0.3 is 5.11 Å². The predicted octanol–water partition coefficient (Wildman–Crippen LogP) is 4.47. The molecule has 0 aromatic heterocycles. The van der Waals surface area contributed by atoms with E-state index in [1.54, 1.807) is 38.1 Å². The van der Waals surface area contributed by atoms with E-state index in [0.717, 1.165) is 5.56 Å². The molecule has 0 fully saturated rings. The summed E-state index contributed by atoms with van der Waals surface area (Å²) >= 11 is 6.07. The van der Waals surface area contributed by atoms with Gasteiger partial charge in [-0.3, -0.25) is 14.5 Å². The standard InChI is InChI=1S/C20H18ClNO3/c1-12(2)18(23)16-17(13-7-4-3-5-8-13)22(20(25)19(16)24)15-10-6-9-14(21)11-15/h3-12,17,24H,1-2H3. The van der Waals surface area contributed by atoms with Crippen molar-refractivity contribution >= 4 is 29.0 Å². The number of Topliss-reactive ketones (excluding diaryl/α,β-unsaturated/α-hetero) is 1. The van der Waals surface area contributed by atoms with Crippen LogP contribution in [0.25, 0.3) is 0 Å². The lowest BCUT2D eigenvalue weighted by atomic mass is 9.91. The van der Waals surface area contributed by atoms with Crippen LogP contribution >= 0.6 is 11.6 Å². The summed E-state index contributed by atoms with van der Waals surface area (Å²) in [5, 5.41) is 10.9. The molecule has 0 radical (unpaired) electrons. The molecule has 1 unspecified atom stereocenters. The number of ketones is 1. The van der Waals surface area contributed by atoms with Gasteiger partial charge in [-0.15, -0.1) is 0 Å². The zero-order valence-corrected chi connectivity index (χ0v) is 14.7. The van der Waals surface area contributed by atoms with Gasteiger partial charge in [0.25, 0.3) is 5.91 Å². The van der Waals surface area contributed by atoms with Gasteiger partial charge in [-0.1, -0.05) is 61.8 Å². The highest BCUT2D eigenvalue weighted by Gasteiger charge is 2.44. The molecule has 0 spiro atoms. The number of carbonyl (C=O) groups excluding carboxylic acids is 2. The fraction of sp³-hybridized carbons (Fsp3) is 0.200. The van der Waals surface area contributed by atoms with Crippen molar-refractivity contribution in [1.82, 2.24) is 0 Å².